The Kier molecular flexibility index (Phi) is 8.82. The first kappa shape index (κ1) is 32.3. The summed E-state index contributed by atoms with van der Waals surface area (Å²) >= 11 is 0.805. The van der Waals surface area contributed by atoms with Crippen molar-refractivity contribution in [2.45, 2.75) is 30.3 Å². The van der Waals surface area contributed by atoms with Gasteiger partial charge >= 0.3 is 16.3 Å². The molecule has 2 atom stereocenters. The number of piperazine rings is 1. The van der Waals surface area contributed by atoms with Gasteiger partial charge in [0.1, 0.15) is 28.5 Å². The molecule has 3 fully saturated rings. The molecule has 15 nitrogen and oxygen atoms in total. The van der Waals surface area contributed by atoms with E-state index in [-0.39, 0.29) is 21.4 Å². The zero-order chi connectivity index (χ0) is 33.5. The molecule has 18 heteroatoms. The highest BCUT2D eigenvalue weighted by Gasteiger charge is 2.54. The second-order valence-electron chi connectivity index (χ2n) is 11.1. The fourth-order valence-corrected chi connectivity index (χ4v) is 7.52. The molecule has 0 bridgehead atoms. The number of ether oxygens (including phenoxy) is 1. The van der Waals surface area contributed by atoms with Gasteiger partial charge in [0.2, 0.25) is 5.43 Å². The monoisotopic (exact) mass is 688 g/mol. The molecule has 3 N–H and O–H groups in total. The topological polar surface area (TPSA) is 191 Å². The number of carboxylic acid groups (broad SMARTS) is 1. The zero-order valence-corrected chi connectivity index (χ0v) is 26.2. The number of hydrogen-bond acceptors (Lipinski definition) is 11. The highest BCUT2D eigenvalue weighted by molar-refractivity contribution is 8.13. The molecule has 3 aliphatic rings. The van der Waals surface area contributed by atoms with Crippen LogP contribution in [0.2, 0.25) is 0 Å². The van der Waals surface area contributed by atoms with E-state index in [4.69, 9.17) is 4.74 Å². The van der Waals surface area contributed by atoms with Crippen molar-refractivity contribution in [1.82, 2.24) is 19.2 Å². The number of aromatic nitrogens is 1. The Morgan fingerprint density at radius 2 is 1.81 bits per heavy atom. The summed E-state index contributed by atoms with van der Waals surface area (Å²) in [6, 6.07) is 9.92. The van der Waals surface area contributed by atoms with E-state index in [0.717, 1.165) is 30.7 Å². The van der Waals surface area contributed by atoms with E-state index in [0.29, 0.717) is 37.4 Å². The summed E-state index contributed by atoms with van der Waals surface area (Å²) in [6.07, 6.45) is 2.97. The van der Waals surface area contributed by atoms with E-state index in [1.807, 2.05) is 0 Å². The molecule has 1 aromatic heterocycles. The van der Waals surface area contributed by atoms with Crippen molar-refractivity contribution in [2.75, 3.05) is 37.7 Å². The maximum absolute atomic E-state index is 15.3. The first-order valence-electron chi connectivity index (χ1n) is 14.5. The summed E-state index contributed by atoms with van der Waals surface area (Å²) in [5.41, 5.74) is 0.879. The molecule has 0 radical (unpaired) electrons. The smallest absolute Gasteiger partial charge is 0.363 e. The molecular weight excluding hydrogens is 659 g/mol. The number of hydrogen-bond donors (Lipinski definition) is 3. The summed E-state index contributed by atoms with van der Waals surface area (Å²) < 4.78 is 55.8. The number of halogens is 1. The number of pyridine rings is 1. The van der Waals surface area contributed by atoms with E-state index in [9.17, 15) is 37.3 Å². The molecule has 2 amide bonds. The molecule has 6 rings (SSSR count). The second-order valence-corrected chi connectivity index (χ2v) is 13.3. The van der Waals surface area contributed by atoms with E-state index in [2.05, 4.69) is 10.4 Å². The Morgan fingerprint density at radius 3 is 2.45 bits per heavy atom. The second kappa shape index (κ2) is 12.8. The van der Waals surface area contributed by atoms with Gasteiger partial charge < -0.3 is 24.6 Å². The Balaban J connectivity index is 1.09. The fraction of sp³-hybridized carbons (Fsp3) is 0.345. The third-order valence-electron chi connectivity index (χ3n) is 7.96. The lowest BCUT2D eigenvalue weighted by atomic mass is 10.1. The van der Waals surface area contributed by atoms with Gasteiger partial charge in [-0.05, 0) is 37.1 Å². The Morgan fingerprint density at radius 1 is 1.11 bits per heavy atom. The van der Waals surface area contributed by atoms with E-state index < -0.39 is 62.9 Å². The van der Waals surface area contributed by atoms with Crippen molar-refractivity contribution < 1.29 is 41.6 Å². The highest BCUT2D eigenvalue weighted by Crippen LogP contribution is 2.38. The molecular formula is C29H29FN6O9S2. The number of carbonyl (C=O) groups excluding carboxylic acids is 2. The number of nitrogens with one attached hydrogen (secondary N) is 1. The number of amides is 2. The third-order valence-corrected chi connectivity index (χ3v) is 9.97. The molecule has 2 aliphatic heterocycles. The Labute approximate surface area is 271 Å². The van der Waals surface area contributed by atoms with Gasteiger partial charge in [-0.25, -0.2) is 9.18 Å². The number of anilines is 1. The van der Waals surface area contributed by atoms with Crippen molar-refractivity contribution in [3.8, 4) is 5.75 Å². The standard InChI is InChI=1S/C29H29FN6O9S2/c30-21-12-19-22(35(17-6-7-17)14-20(26(19)38)29(40)41)13-23(21)33-8-10-34(11-9-33)31-16-46-28-25(27(39)36(28)47(42,43)44)32-24(37)15-45-18-4-2-1-3-5-18/h1-5,12-14,16-17,25,28H,6-11,15H2,(H,32,37)(H,40,41)(H,42,43,44)/t25-,28?/m0/s1. The number of carboxylic acids is 1. The average molecular weight is 689 g/mol. The number of fused-ring (bicyclic) bond motifs is 1. The summed E-state index contributed by atoms with van der Waals surface area (Å²) in [5.74, 6) is -3.28. The number of β-lactam (4-membered cyclic amide) rings is 1. The number of rotatable bonds is 11. The number of hydrazone groups is 1. The molecule has 1 saturated carbocycles. The summed E-state index contributed by atoms with van der Waals surface area (Å²) in [4.78, 5) is 51.1. The van der Waals surface area contributed by atoms with Crippen LogP contribution in [0.1, 0.15) is 29.2 Å². The number of benzene rings is 2. The molecule has 2 saturated heterocycles. The van der Waals surface area contributed by atoms with Gasteiger partial charge in [-0.1, -0.05) is 30.0 Å². The SMILES string of the molecule is O=C(COc1ccccc1)N[C@H]1C(=O)N(S(=O)(=O)O)C1SC=NN1CCN(c2cc3c(cc2F)c(=O)c(C(=O)O)cn3C2CC2)CC1. The van der Waals surface area contributed by atoms with Gasteiger partial charge in [-0.15, -0.1) is 0 Å². The molecule has 47 heavy (non-hydrogen) atoms. The zero-order valence-electron chi connectivity index (χ0n) is 24.6. The van der Waals surface area contributed by atoms with Crippen LogP contribution in [0.5, 0.6) is 5.75 Å². The number of carbonyl (C=O) groups is 3. The van der Waals surface area contributed by atoms with Crippen LogP contribution in [0, 0.1) is 5.82 Å². The summed E-state index contributed by atoms with van der Waals surface area (Å²) in [5, 5.41) is 16.7. The van der Waals surface area contributed by atoms with Crippen LogP contribution < -0.4 is 20.4 Å². The number of nitrogens with zero attached hydrogens (tertiary/aromatic N) is 5. The van der Waals surface area contributed by atoms with Crippen LogP contribution in [0.4, 0.5) is 10.1 Å². The van der Waals surface area contributed by atoms with E-state index in [1.165, 1.54) is 11.7 Å². The molecule has 0 spiro atoms. The lowest BCUT2D eigenvalue weighted by molar-refractivity contribution is -0.142. The van der Waals surface area contributed by atoms with Crippen LogP contribution in [0.25, 0.3) is 10.9 Å². The highest BCUT2D eigenvalue weighted by atomic mass is 32.2. The van der Waals surface area contributed by atoms with Crippen molar-refractivity contribution in [3.05, 3.63) is 70.3 Å². The van der Waals surface area contributed by atoms with Gasteiger partial charge in [-0.2, -0.15) is 17.8 Å². The Hall–Kier alpha value is -4.68. The van der Waals surface area contributed by atoms with Gasteiger partial charge in [0.15, 0.2) is 6.61 Å². The maximum Gasteiger partial charge on any atom is 0.363 e. The predicted molar refractivity (Wildman–Crippen MR) is 169 cm³/mol. The number of aromatic carboxylic acids is 1. The minimum atomic E-state index is -4.90. The van der Waals surface area contributed by atoms with Crippen LogP contribution >= 0.6 is 11.8 Å². The molecule has 1 unspecified atom stereocenters. The van der Waals surface area contributed by atoms with E-state index >= 15 is 4.39 Å². The lowest BCUT2D eigenvalue weighted by Crippen LogP contribution is -2.70. The number of thioether (sulfide) groups is 1. The van der Waals surface area contributed by atoms with Gasteiger partial charge in [0.25, 0.3) is 11.8 Å². The van der Waals surface area contributed by atoms with Gasteiger partial charge in [-0.3, -0.25) is 23.9 Å². The molecule has 248 valence electrons. The van der Waals surface area contributed by atoms with Crippen LogP contribution in [-0.2, 0) is 19.9 Å². The van der Waals surface area contributed by atoms with Crippen LogP contribution in [0.15, 0.2) is 58.6 Å². The maximum atomic E-state index is 15.3. The van der Waals surface area contributed by atoms with Gasteiger partial charge in [0.05, 0.1) is 29.8 Å². The largest absolute Gasteiger partial charge is 0.484 e. The van der Waals surface area contributed by atoms with Crippen LogP contribution in [-0.4, -0.2) is 99.5 Å². The van der Waals surface area contributed by atoms with E-state index in [1.54, 1.807) is 50.9 Å². The van der Waals surface area contributed by atoms with Crippen molar-refractivity contribution >= 4 is 62.0 Å². The van der Waals surface area contributed by atoms with Crippen molar-refractivity contribution in [1.29, 1.82) is 0 Å². The predicted octanol–water partition coefficient (Wildman–Crippen LogP) is 1.51. The molecule has 3 heterocycles. The lowest BCUT2D eigenvalue weighted by Gasteiger charge is -2.42. The fourth-order valence-electron chi connectivity index (χ4n) is 5.45. The first-order chi connectivity index (χ1) is 22.4. The van der Waals surface area contributed by atoms with Crippen LogP contribution in [0.3, 0.4) is 0 Å². The Bertz CT molecular complexity index is 1930. The summed E-state index contributed by atoms with van der Waals surface area (Å²) in [7, 11) is -4.90. The molecule has 2 aromatic carbocycles. The average Bonchev–Trinajstić information content (AvgIpc) is 3.88. The normalized spacial score (nSPS) is 20.0. The minimum absolute atomic E-state index is 0.00457. The molecule has 3 aromatic rings. The van der Waals surface area contributed by atoms with Crippen molar-refractivity contribution in [2.24, 2.45) is 5.10 Å². The third kappa shape index (κ3) is 6.75. The summed E-state index contributed by atoms with van der Waals surface area (Å²) in [6.45, 7) is 0.930. The quantitative estimate of drug-likeness (QED) is 0.114. The molecule has 1 aliphatic carbocycles. The first-order valence-corrected chi connectivity index (χ1v) is 16.8. The van der Waals surface area contributed by atoms with Gasteiger partial charge in [0, 0.05) is 30.7 Å². The van der Waals surface area contributed by atoms with Crippen molar-refractivity contribution in [3.63, 3.8) is 0 Å². The minimum Gasteiger partial charge on any atom is -0.484 e. The number of para-hydroxylation sites is 1.